The van der Waals surface area contributed by atoms with E-state index in [9.17, 15) is 5.11 Å². The van der Waals surface area contributed by atoms with Gasteiger partial charge in [0.1, 0.15) is 0 Å². The minimum atomic E-state index is -0.941. The number of benzene rings is 4. The fraction of sp³-hybridized carbons (Fsp3) is 0.222. The second-order valence-corrected chi connectivity index (χ2v) is 12.9. The summed E-state index contributed by atoms with van der Waals surface area (Å²) in [7, 11) is 0.434. The summed E-state index contributed by atoms with van der Waals surface area (Å²) in [5, 5.41) is 11.9. The lowest BCUT2D eigenvalue weighted by molar-refractivity contribution is -0.0893. The minimum Gasteiger partial charge on any atom is -0.427 e. The Morgan fingerprint density at radius 2 is 1.44 bits per heavy atom. The first kappa shape index (κ1) is 27.5. The molecule has 1 heterocycles. The van der Waals surface area contributed by atoms with Crippen molar-refractivity contribution >= 4 is 57.5 Å². The van der Waals surface area contributed by atoms with E-state index in [2.05, 4.69) is 114 Å². The van der Waals surface area contributed by atoms with Gasteiger partial charge in [-0.3, -0.25) is 0 Å². The van der Waals surface area contributed by atoms with Crippen LogP contribution in [0.15, 0.2) is 103 Å². The van der Waals surface area contributed by atoms with Crippen LogP contribution in [0.1, 0.15) is 44.6 Å². The molecule has 6 rings (SSSR count). The smallest absolute Gasteiger partial charge is 0.309 e. The molecule has 1 aliphatic rings. The summed E-state index contributed by atoms with van der Waals surface area (Å²) in [5.41, 5.74) is 6.75. The summed E-state index contributed by atoms with van der Waals surface area (Å²) < 4.78 is 7.47. The summed E-state index contributed by atoms with van der Waals surface area (Å²) in [6.45, 7) is 7.44. The molecule has 5 aromatic rings. The van der Waals surface area contributed by atoms with Gasteiger partial charge in [-0.2, -0.15) is 0 Å². The van der Waals surface area contributed by atoms with E-state index in [1.165, 1.54) is 37.3 Å². The number of fused-ring (bicyclic) bond motifs is 3. The lowest BCUT2D eigenvalue weighted by Crippen LogP contribution is -2.49. The van der Waals surface area contributed by atoms with Crippen molar-refractivity contribution in [2.45, 2.75) is 51.7 Å². The molecule has 0 amide bonds. The average molecular weight is 558 g/mol. The molecule has 0 spiro atoms. The molecule has 4 aromatic carbocycles. The van der Waals surface area contributed by atoms with Gasteiger partial charge in [0, 0.05) is 26.3 Å². The first-order valence-electron chi connectivity index (χ1n) is 14.3. The molecule has 0 atom stereocenters. The fourth-order valence-corrected chi connectivity index (χ4v) is 6.45. The number of nitrogens with zero attached hydrogens (tertiary/aromatic N) is 1. The van der Waals surface area contributed by atoms with Crippen LogP contribution in [-0.4, -0.2) is 23.8 Å². The third kappa shape index (κ3) is 5.50. The summed E-state index contributed by atoms with van der Waals surface area (Å²) >= 11 is 1.88. The largest absolute Gasteiger partial charge is 0.427 e. The molecule has 0 saturated carbocycles. The van der Waals surface area contributed by atoms with Crippen LogP contribution in [0.5, 0.6) is 0 Å². The van der Waals surface area contributed by atoms with Gasteiger partial charge in [-0.1, -0.05) is 72.2 Å². The Balaban J connectivity index is 1.41. The van der Waals surface area contributed by atoms with Crippen LogP contribution < -0.4 is 10.4 Å². The first-order chi connectivity index (χ1) is 19.7. The van der Waals surface area contributed by atoms with Gasteiger partial charge in [-0.25, -0.2) is 0 Å². The number of aryl methyl sites for hydroxylation is 1. The van der Waals surface area contributed by atoms with Crippen LogP contribution >= 0.6 is 11.3 Å². The van der Waals surface area contributed by atoms with Gasteiger partial charge in [0.05, 0.1) is 16.9 Å². The number of thiophene rings is 1. The highest BCUT2D eigenvalue weighted by Crippen LogP contribution is 2.45. The van der Waals surface area contributed by atoms with E-state index in [1.54, 1.807) is 13.8 Å². The molecule has 41 heavy (non-hydrogen) atoms. The highest BCUT2D eigenvalue weighted by atomic mass is 32.1. The molecule has 1 aromatic heterocycles. The molecule has 3 nitrogen and oxygen atoms in total. The first-order valence-corrected chi connectivity index (χ1v) is 15.1. The number of rotatable bonds is 8. The molecular formula is C36H36BNO2S. The number of hydrogen-bond donors (Lipinski definition) is 1. The Kier molecular flexibility index (Phi) is 7.37. The molecule has 1 N–H and O–H groups in total. The second kappa shape index (κ2) is 11.0. The molecule has 0 unspecified atom stereocenters. The van der Waals surface area contributed by atoms with Crippen LogP contribution in [0.2, 0.25) is 0 Å². The molecule has 0 radical (unpaired) electrons. The van der Waals surface area contributed by atoms with Crippen molar-refractivity contribution in [3.63, 3.8) is 0 Å². The zero-order valence-corrected chi connectivity index (χ0v) is 25.0. The van der Waals surface area contributed by atoms with Crippen LogP contribution in [0, 0.1) is 0 Å². The molecule has 5 heteroatoms. The Labute approximate surface area is 248 Å². The van der Waals surface area contributed by atoms with Gasteiger partial charge in [-0.15, -0.1) is 11.3 Å². The molecule has 206 valence electrons. The maximum Gasteiger partial charge on any atom is 0.309 e. The van der Waals surface area contributed by atoms with E-state index < -0.39 is 11.2 Å². The number of anilines is 3. The lowest BCUT2D eigenvalue weighted by atomic mass is 9.82. The van der Waals surface area contributed by atoms with E-state index in [1.807, 2.05) is 25.2 Å². The van der Waals surface area contributed by atoms with E-state index in [0.29, 0.717) is 7.48 Å². The zero-order valence-electron chi connectivity index (χ0n) is 24.2. The lowest BCUT2D eigenvalue weighted by Gasteiger charge is -2.37. The van der Waals surface area contributed by atoms with Crippen LogP contribution in [-0.2, 0) is 11.1 Å². The fourth-order valence-electron chi connectivity index (χ4n) is 5.24. The molecule has 0 bridgehead atoms. The quantitative estimate of drug-likeness (QED) is 0.194. The second-order valence-electron chi connectivity index (χ2n) is 11.8. The van der Waals surface area contributed by atoms with E-state index in [0.717, 1.165) is 29.7 Å². The summed E-state index contributed by atoms with van der Waals surface area (Å²) in [5.74, 6) is 0. The van der Waals surface area contributed by atoms with Gasteiger partial charge in [0.25, 0.3) is 0 Å². The molecule has 0 aliphatic heterocycles. The highest BCUT2D eigenvalue weighted by molar-refractivity contribution is 7.20. The van der Waals surface area contributed by atoms with E-state index >= 15 is 0 Å². The van der Waals surface area contributed by atoms with Crippen molar-refractivity contribution < 1.29 is 9.76 Å². The number of allylic oxidation sites excluding steroid dienone is 1. The standard InChI is InChI=1S/C36H36BNO2S/c1-35(2,39)36(3,4)40-37-27-19-23-29(24-20-27)38(28-21-17-26(18-22-28)25-11-6-5-7-12-25)31-14-10-16-33-34(31)30-13-8-9-15-32(30)41-33/h5-7,9-12,14-24,37,39H,8,13H2,1-4H3. The molecule has 1 aliphatic carbocycles. The van der Waals surface area contributed by atoms with Gasteiger partial charge in [0.15, 0.2) is 0 Å². The topological polar surface area (TPSA) is 32.7 Å². The van der Waals surface area contributed by atoms with Crippen LogP contribution in [0.3, 0.4) is 0 Å². The van der Waals surface area contributed by atoms with Gasteiger partial charge >= 0.3 is 7.48 Å². The van der Waals surface area contributed by atoms with E-state index in [-0.39, 0.29) is 0 Å². The normalized spacial score (nSPS) is 13.3. The van der Waals surface area contributed by atoms with Crippen molar-refractivity contribution in [1.82, 2.24) is 0 Å². The summed E-state index contributed by atoms with van der Waals surface area (Å²) in [4.78, 5) is 3.76. The highest BCUT2D eigenvalue weighted by Gasteiger charge is 2.35. The summed E-state index contributed by atoms with van der Waals surface area (Å²) in [6.07, 6.45) is 6.72. The predicted octanol–water partition coefficient (Wildman–Crippen LogP) is 8.54. The monoisotopic (exact) mass is 557 g/mol. The maximum atomic E-state index is 10.5. The van der Waals surface area contributed by atoms with Gasteiger partial charge in [-0.05, 0) is 99.7 Å². The van der Waals surface area contributed by atoms with Gasteiger partial charge in [0.2, 0.25) is 0 Å². The van der Waals surface area contributed by atoms with Gasteiger partial charge < -0.3 is 14.7 Å². The zero-order chi connectivity index (χ0) is 28.6. The molecular weight excluding hydrogens is 521 g/mol. The van der Waals surface area contributed by atoms with Crippen molar-refractivity contribution in [1.29, 1.82) is 0 Å². The average Bonchev–Trinajstić information content (AvgIpc) is 3.37. The number of aliphatic hydroxyl groups is 1. The molecule has 0 fully saturated rings. The molecule has 0 saturated heterocycles. The SMILES string of the molecule is CC(C)(O)C(C)(C)OBc1ccc(N(c2ccc(-c3ccccc3)cc2)c2cccc3sc4c(c23)CCC=C4)cc1. The van der Waals surface area contributed by atoms with Crippen molar-refractivity contribution in [3.05, 3.63) is 114 Å². The van der Waals surface area contributed by atoms with Crippen LogP contribution in [0.25, 0.3) is 27.3 Å². The Hall–Kier alpha value is -3.64. The predicted molar refractivity (Wildman–Crippen MR) is 178 cm³/mol. The van der Waals surface area contributed by atoms with Crippen LogP contribution in [0.4, 0.5) is 17.1 Å². The van der Waals surface area contributed by atoms with Crippen molar-refractivity contribution in [3.8, 4) is 11.1 Å². The van der Waals surface area contributed by atoms with Crippen molar-refractivity contribution in [2.75, 3.05) is 4.90 Å². The third-order valence-corrected chi connectivity index (χ3v) is 9.56. The Morgan fingerprint density at radius 3 is 2.12 bits per heavy atom. The maximum absolute atomic E-state index is 10.5. The number of hydrogen-bond acceptors (Lipinski definition) is 4. The third-order valence-electron chi connectivity index (χ3n) is 8.39. The summed E-state index contributed by atoms with van der Waals surface area (Å²) in [6, 6.07) is 34.7. The van der Waals surface area contributed by atoms with Crippen molar-refractivity contribution in [2.24, 2.45) is 0 Å². The van der Waals surface area contributed by atoms with E-state index in [4.69, 9.17) is 4.65 Å². The minimum absolute atomic E-state index is 0.434. The Bertz CT molecular complexity index is 1680. The Morgan fingerprint density at radius 1 is 0.780 bits per heavy atom.